The predicted molar refractivity (Wildman–Crippen MR) is 75.7 cm³/mol. The van der Waals surface area contributed by atoms with Crippen molar-refractivity contribution in [2.45, 2.75) is 46.7 Å². The minimum absolute atomic E-state index is 0.0440. The average molecular weight is 269 g/mol. The Labute approximate surface area is 113 Å². The van der Waals surface area contributed by atoms with E-state index in [1.807, 2.05) is 26.2 Å². The van der Waals surface area contributed by atoms with Crippen LogP contribution < -0.4 is 10.6 Å². The van der Waals surface area contributed by atoms with Crippen LogP contribution in [-0.4, -0.2) is 23.5 Å². The summed E-state index contributed by atoms with van der Waals surface area (Å²) in [6.07, 6.45) is 0. The van der Waals surface area contributed by atoms with Crippen molar-refractivity contribution in [3.05, 3.63) is 16.1 Å². The van der Waals surface area contributed by atoms with Gasteiger partial charge in [0.15, 0.2) is 0 Å². The largest absolute Gasteiger partial charge is 0.354 e. The second-order valence-corrected chi connectivity index (χ2v) is 6.10. The summed E-state index contributed by atoms with van der Waals surface area (Å²) in [4.78, 5) is 16.2. The number of amides is 1. The molecule has 0 aromatic carbocycles. The molecule has 0 saturated carbocycles. The summed E-state index contributed by atoms with van der Waals surface area (Å²) >= 11 is 1.63. The molecule has 102 valence electrons. The molecule has 0 saturated heterocycles. The first-order chi connectivity index (χ1) is 8.40. The number of nitrogens with zero attached hydrogens (tertiary/aromatic N) is 1. The minimum atomic E-state index is -0.208. The maximum atomic E-state index is 11.8. The molecule has 0 aliphatic rings. The van der Waals surface area contributed by atoms with Crippen molar-refractivity contribution in [2.24, 2.45) is 5.92 Å². The van der Waals surface area contributed by atoms with E-state index in [2.05, 4.69) is 29.5 Å². The Morgan fingerprint density at radius 1 is 1.39 bits per heavy atom. The molecule has 2 N–H and O–H groups in total. The molecule has 1 amide bonds. The van der Waals surface area contributed by atoms with Crippen LogP contribution in [-0.2, 0) is 4.79 Å². The SMILES string of the molecule is Cc1nc(C(C)NC(C)C(=O)NCC(C)C)cs1. The third kappa shape index (κ3) is 4.74. The molecule has 2 unspecified atom stereocenters. The van der Waals surface area contributed by atoms with Crippen molar-refractivity contribution in [3.63, 3.8) is 0 Å². The Morgan fingerprint density at radius 2 is 2.06 bits per heavy atom. The summed E-state index contributed by atoms with van der Waals surface area (Å²) in [5, 5.41) is 9.27. The van der Waals surface area contributed by atoms with Crippen LogP contribution in [0.1, 0.15) is 44.4 Å². The monoisotopic (exact) mass is 269 g/mol. The van der Waals surface area contributed by atoms with E-state index in [9.17, 15) is 4.79 Å². The Balaban J connectivity index is 2.43. The number of hydrogen-bond donors (Lipinski definition) is 2. The van der Waals surface area contributed by atoms with Crippen LogP contribution >= 0.6 is 11.3 Å². The molecule has 0 aliphatic carbocycles. The zero-order chi connectivity index (χ0) is 13.7. The van der Waals surface area contributed by atoms with Gasteiger partial charge >= 0.3 is 0 Å². The summed E-state index contributed by atoms with van der Waals surface area (Å²) in [5.74, 6) is 0.516. The second-order valence-electron chi connectivity index (χ2n) is 5.04. The van der Waals surface area contributed by atoms with Crippen molar-refractivity contribution >= 4 is 17.2 Å². The Morgan fingerprint density at radius 3 is 2.56 bits per heavy atom. The molecule has 18 heavy (non-hydrogen) atoms. The molecular weight excluding hydrogens is 246 g/mol. The molecule has 0 fully saturated rings. The number of carbonyl (C=O) groups excluding carboxylic acids is 1. The van der Waals surface area contributed by atoms with Gasteiger partial charge in [0.1, 0.15) is 0 Å². The molecule has 0 aliphatic heterocycles. The van der Waals surface area contributed by atoms with E-state index >= 15 is 0 Å². The van der Waals surface area contributed by atoms with Crippen molar-refractivity contribution in [3.8, 4) is 0 Å². The fourth-order valence-electron chi connectivity index (χ4n) is 1.57. The molecule has 1 heterocycles. The lowest BCUT2D eigenvalue weighted by molar-refractivity contribution is -0.123. The lowest BCUT2D eigenvalue weighted by Crippen LogP contribution is -2.44. The first-order valence-electron chi connectivity index (χ1n) is 6.36. The summed E-state index contributed by atoms with van der Waals surface area (Å²) in [7, 11) is 0. The molecule has 1 aromatic heterocycles. The van der Waals surface area contributed by atoms with Crippen molar-refractivity contribution in [1.82, 2.24) is 15.6 Å². The van der Waals surface area contributed by atoms with Gasteiger partial charge in [-0.3, -0.25) is 10.1 Å². The zero-order valence-electron chi connectivity index (χ0n) is 11.8. The van der Waals surface area contributed by atoms with Crippen molar-refractivity contribution in [1.29, 1.82) is 0 Å². The Kier molecular flexibility index (Phi) is 5.75. The smallest absolute Gasteiger partial charge is 0.236 e. The van der Waals surface area contributed by atoms with Crippen molar-refractivity contribution < 1.29 is 4.79 Å². The van der Waals surface area contributed by atoms with Crippen LogP contribution in [0, 0.1) is 12.8 Å². The number of hydrogen-bond acceptors (Lipinski definition) is 4. The van der Waals surface area contributed by atoms with Gasteiger partial charge < -0.3 is 5.32 Å². The summed E-state index contributed by atoms with van der Waals surface area (Å²) in [5.41, 5.74) is 1.00. The van der Waals surface area contributed by atoms with Gasteiger partial charge in [-0.2, -0.15) is 0 Å². The molecule has 0 radical (unpaired) electrons. The molecule has 5 heteroatoms. The third-order valence-corrected chi connectivity index (χ3v) is 3.45. The van der Waals surface area contributed by atoms with Crippen LogP contribution in [0.5, 0.6) is 0 Å². The number of thiazole rings is 1. The fourth-order valence-corrected chi connectivity index (χ4v) is 2.28. The van der Waals surface area contributed by atoms with E-state index in [-0.39, 0.29) is 18.0 Å². The van der Waals surface area contributed by atoms with Crippen LogP contribution in [0.15, 0.2) is 5.38 Å². The number of nitrogens with one attached hydrogen (secondary N) is 2. The third-order valence-electron chi connectivity index (χ3n) is 2.66. The normalized spacial score (nSPS) is 14.6. The van der Waals surface area contributed by atoms with E-state index in [0.29, 0.717) is 5.92 Å². The van der Waals surface area contributed by atoms with Gasteiger partial charge in [-0.25, -0.2) is 4.98 Å². The summed E-state index contributed by atoms with van der Waals surface area (Å²) in [6.45, 7) is 10.8. The molecular formula is C13H23N3OS. The van der Waals surface area contributed by atoms with E-state index < -0.39 is 0 Å². The predicted octanol–water partition coefficient (Wildman–Crippen LogP) is 2.26. The highest BCUT2D eigenvalue weighted by Crippen LogP contribution is 2.16. The van der Waals surface area contributed by atoms with Crippen LogP contribution in [0.3, 0.4) is 0 Å². The van der Waals surface area contributed by atoms with Gasteiger partial charge in [-0.05, 0) is 26.7 Å². The Hall–Kier alpha value is -0.940. The van der Waals surface area contributed by atoms with E-state index in [4.69, 9.17) is 0 Å². The summed E-state index contributed by atoms with van der Waals surface area (Å²) < 4.78 is 0. The topological polar surface area (TPSA) is 54.0 Å². The van der Waals surface area contributed by atoms with Crippen LogP contribution in [0.25, 0.3) is 0 Å². The van der Waals surface area contributed by atoms with E-state index in [1.54, 1.807) is 11.3 Å². The number of rotatable bonds is 6. The van der Waals surface area contributed by atoms with Gasteiger partial charge in [0.05, 0.1) is 16.7 Å². The van der Waals surface area contributed by atoms with E-state index in [0.717, 1.165) is 17.2 Å². The molecule has 1 rings (SSSR count). The first kappa shape index (κ1) is 15.1. The maximum Gasteiger partial charge on any atom is 0.236 e. The molecule has 1 aromatic rings. The quantitative estimate of drug-likeness (QED) is 0.833. The Bertz CT molecular complexity index is 389. The average Bonchev–Trinajstić information content (AvgIpc) is 2.72. The van der Waals surface area contributed by atoms with Crippen LogP contribution in [0.2, 0.25) is 0 Å². The van der Waals surface area contributed by atoms with Gasteiger partial charge in [-0.15, -0.1) is 11.3 Å². The summed E-state index contributed by atoms with van der Waals surface area (Å²) in [6, 6.07) is -0.115. The van der Waals surface area contributed by atoms with Crippen LogP contribution in [0.4, 0.5) is 0 Å². The highest BCUT2D eigenvalue weighted by molar-refractivity contribution is 7.09. The van der Waals surface area contributed by atoms with Gasteiger partial charge in [0.2, 0.25) is 5.91 Å². The standard InChI is InChI=1S/C13H23N3OS/c1-8(2)6-14-13(17)10(4)15-9(3)12-7-18-11(5)16-12/h7-10,15H,6H2,1-5H3,(H,14,17). The van der Waals surface area contributed by atoms with E-state index in [1.165, 1.54) is 0 Å². The molecule has 0 spiro atoms. The number of aryl methyl sites for hydroxylation is 1. The highest BCUT2D eigenvalue weighted by Gasteiger charge is 2.17. The fraction of sp³-hybridized carbons (Fsp3) is 0.692. The molecule has 4 nitrogen and oxygen atoms in total. The first-order valence-corrected chi connectivity index (χ1v) is 7.24. The van der Waals surface area contributed by atoms with Gasteiger partial charge in [-0.1, -0.05) is 13.8 Å². The van der Waals surface area contributed by atoms with Gasteiger partial charge in [0.25, 0.3) is 0 Å². The minimum Gasteiger partial charge on any atom is -0.354 e. The van der Waals surface area contributed by atoms with Crippen molar-refractivity contribution in [2.75, 3.05) is 6.54 Å². The number of carbonyl (C=O) groups is 1. The lowest BCUT2D eigenvalue weighted by Gasteiger charge is -2.19. The maximum absolute atomic E-state index is 11.8. The zero-order valence-corrected chi connectivity index (χ0v) is 12.6. The molecule has 0 bridgehead atoms. The number of aromatic nitrogens is 1. The molecule has 2 atom stereocenters. The second kappa shape index (κ2) is 6.85. The van der Waals surface area contributed by atoms with Gasteiger partial charge in [0, 0.05) is 18.0 Å². The lowest BCUT2D eigenvalue weighted by atomic mass is 10.2. The highest BCUT2D eigenvalue weighted by atomic mass is 32.1.